The molecule has 0 bridgehead atoms. The fraction of sp³-hybridized carbons (Fsp3) is 0.0233. The minimum atomic E-state index is -0.381. The summed E-state index contributed by atoms with van der Waals surface area (Å²) in [6.07, 6.45) is 0. The lowest BCUT2D eigenvalue weighted by molar-refractivity contribution is 0.793. The van der Waals surface area contributed by atoms with E-state index < -0.39 is 0 Å². The van der Waals surface area contributed by atoms with Crippen LogP contribution in [0.3, 0.4) is 0 Å². The van der Waals surface area contributed by atoms with Crippen LogP contribution in [-0.2, 0) is 5.41 Å². The Balaban J connectivity index is 1.27. The van der Waals surface area contributed by atoms with Gasteiger partial charge < -0.3 is 10.2 Å². The largest absolute Gasteiger partial charge is 0.355 e. The van der Waals surface area contributed by atoms with Gasteiger partial charge in [0.05, 0.1) is 5.41 Å². The standard InChI is InChI=1S/C43H30N2/c1-3-14-30(15-4-1)44-31-16-13-19-33(28-31)45(32-17-5-2-6-18-32)34-26-27-38-37-22-9-12-25-41(37)43(42(38)29-34)39-23-10-7-20-35(39)36-21-8-11-24-40(36)43/h1-29,44H. The Labute approximate surface area is 263 Å². The van der Waals surface area contributed by atoms with Gasteiger partial charge in [-0.15, -0.1) is 0 Å². The van der Waals surface area contributed by atoms with Gasteiger partial charge in [-0.05, 0) is 99.1 Å². The topological polar surface area (TPSA) is 15.3 Å². The zero-order chi connectivity index (χ0) is 29.8. The number of hydrogen-bond donors (Lipinski definition) is 1. The fourth-order valence-electron chi connectivity index (χ4n) is 7.66. The van der Waals surface area contributed by atoms with Gasteiger partial charge in [0.1, 0.15) is 0 Å². The summed E-state index contributed by atoms with van der Waals surface area (Å²) in [4.78, 5) is 2.37. The van der Waals surface area contributed by atoms with Gasteiger partial charge in [0, 0.05) is 28.4 Å². The number of anilines is 5. The van der Waals surface area contributed by atoms with E-state index in [2.05, 4.69) is 180 Å². The number of benzene rings is 7. The Morgan fingerprint density at radius 1 is 0.333 bits per heavy atom. The van der Waals surface area contributed by atoms with Crippen molar-refractivity contribution in [2.24, 2.45) is 0 Å². The maximum absolute atomic E-state index is 3.59. The molecule has 1 N–H and O–H groups in total. The molecule has 0 unspecified atom stereocenters. The summed E-state index contributed by atoms with van der Waals surface area (Å²) in [5.41, 5.74) is 15.7. The Morgan fingerprint density at radius 3 is 1.42 bits per heavy atom. The minimum Gasteiger partial charge on any atom is -0.355 e. The second-order valence-corrected chi connectivity index (χ2v) is 11.8. The first-order valence-corrected chi connectivity index (χ1v) is 15.5. The summed E-state index contributed by atoms with van der Waals surface area (Å²) >= 11 is 0. The molecule has 2 aliphatic rings. The number of fused-ring (bicyclic) bond motifs is 10. The van der Waals surface area contributed by atoms with Gasteiger partial charge in [-0.2, -0.15) is 0 Å². The van der Waals surface area contributed by atoms with Gasteiger partial charge in [-0.1, -0.05) is 121 Å². The van der Waals surface area contributed by atoms with Crippen molar-refractivity contribution in [1.82, 2.24) is 0 Å². The maximum atomic E-state index is 3.59. The van der Waals surface area contributed by atoms with Gasteiger partial charge in [0.25, 0.3) is 0 Å². The lowest BCUT2D eigenvalue weighted by atomic mass is 9.70. The van der Waals surface area contributed by atoms with Crippen molar-refractivity contribution in [3.63, 3.8) is 0 Å². The zero-order valence-electron chi connectivity index (χ0n) is 24.7. The normalized spacial score (nSPS) is 13.1. The highest BCUT2D eigenvalue weighted by Crippen LogP contribution is 2.63. The predicted molar refractivity (Wildman–Crippen MR) is 187 cm³/mol. The Kier molecular flexibility index (Phi) is 5.76. The van der Waals surface area contributed by atoms with Crippen molar-refractivity contribution in [2.75, 3.05) is 10.2 Å². The summed E-state index contributed by atoms with van der Waals surface area (Å²) in [7, 11) is 0. The monoisotopic (exact) mass is 574 g/mol. The Bertz CT molecular complexity index is 2140. The van der Waals surface area contributed by atoms with E-state index in [1.165, 1.54) is 44.5 Å². The van der Waals surface area contributed by atoms with Crippen molar-refractivity contribution in [3.05, 3.63) is 198 Å². The van der Waals surface area contributed by atoms with E-state index in [0.717, 1.165) is 28.4 Å². The van der Waals surface area contributed by atoms with Gasteiger partial charge in [0.15, 0.2) is 0 Å². The van der Waals surface area contributed by atoms with Crippen LogP contribution in [0.15, 0.2) is 176 Å². The molecule has 2 heteroatoms. The summed E-state index contributed by atoms with van der Waals surface area (Å²) in [6, 6.07) is 63.7. The molecule has 0 atom stereocenters. The molecule has 2 aliphatic carbocycles. The number of hydrogen-bond acceptors (Lipinski definition) is 2. The smallest absolute Gasteiger partial charge is 0.0726 e. The van der Waals surface area contributed by atoms with Crippen LogP contribution in [0.5, 0.6) is 0 Å². The highest BCUT2D eigenvalue weighted by molar-refractivity contribution is 5.96. The number of rotatable bonds is 5. The number of para-hydroxylation sites is 2. The average molecular weight is 575 g/mol. The summed E-state index contributed by atoms with van der Waals surface area (Å²) < 4.78 is 0. The average Bonchev–Trinajstić information content (AvgIpc) is 3.57. The molecule has 0 amide bonds. The van der Waals surface area contributed by atoms with Crippen LogP contribution in [0.2, 0.25) is 0 Å². The van der Waals surface area contributed by atoms with Crippen LogP contribution in [0.1, 0.15) is 22.3 Å². The summed E-state index contributed by atoms with van der Waals surface area (Å²) in [5, 5.41) is 3.59. The van der Waals surface area contributed by atoms with Gasteiger partial charge in [0.2, 0.25) is 0 Å². The van der Waals surface area contributed by atoms with Crippen molar-refractivity contribution >= 4 is 28.4 Å². The first-order valence-electron chi connectivity index (χ1n) is 15.5. The van der Waals surface area contributed by atoms with Gasteiger partial charge in [-0.25, -0.2) is 0 Å². The molecule has 0 aromatic heterocycles. The molecule has 0 heterocycles. The fourth-order valence-corrected chi connectivity index (χ4v) is 7.66. The van der Waals surface area contributed by atoms with Crippen LogP contribution in [0.25, 0.3) is 22.3 Å². The highest BCUT2D eigenvalue weighted by atomic mass is 15.1. The Morgan fingerprint density at radius 2 is 0.800 bits per heavy atom. The molecule has 9 rings (SSSR count). The molecule has 2 nitrogen and oxygen atoms in total. The molecule has 7 aromatic rings. The van der Waals surface area contributed by atoms with Crippen molar-refractivity contribution < 1.29 is 0 Å². The molecule has 0 saturated heterocycles. The predicted octanol–water partition coefficient (Wildman–Crippen LogP) is 11.2. The van der Waals surface area contributed by atoms with E-state index >= 15 is 0 Å². The van der Waals surface area contributed by atoms with Crippen LogP contribution in [-0.4, -0.2) is 0 Å². The van der Waals surface area contributed by atoms with Crippen LogP contribution in [0, 0.1) is 0 Å². The molecule has 0 aliphatic heterocycles. The minimum absolute atomic E-state index is 0.381. The van der Waals surface area contributed by atoms with Crippen LogP contribution < -0.4 is 10.2 Å². The van der Waals surface area contributed by atoms with Crippen molar-refractivity contribution in [2.45, 2.75) is 5.41 Å². The van der Waals surface area contributed by atoms with E-state index in [9.17, 15) is 0 Å². The number of nitrogens with zero attached hydrogens (tertiary/aromatic N) is 1. The lowest BCUT2D eigenvalue weighted by Gasteiger charge is -2.32. The second kappa shape index (κ2) is 10.1. The third-order valence-corrected chi connectivity index (χ3v) is 9.42. The SMILES string of the molecule is c1ccc(Nc2cccc(N(c3ccccc3)c3ccc4c(c3)C3(c5ccccc5-c5ccccc53)c3ccccc3-4)c2)cc1. The second-order valence-electron chi connectivity index (χ2n) is 11.8. The summed E-state index contributed by atoms with van der Waals surface area (Å²) in [5.74, 6) is 0. The quantitative estimate of drug-likeness (QED) is 0.220. The number of nitrogens with one attached hydrogen (secondary N) is 1. The van der Waals surface area contributed by atoms with Crippen LogP contribution >= 0.6 is 0 Å². The van der Waals surface area contributed by atoms with Gasteiger partial charge >= 0.3 is 0 Å². The van der Waals surface area contributed by atoms with E-state index in [0.29, 0.717) is 0 Å². The molecule has 0 fully saturated rings. The van der Waals surface area contributed by atoms with Crippen molar-refractivity contribution in [3.8, 4) is 22.3 Å². The third-order valence-electron chi connectivity index (χ3n) is 9.42. The summed E-state index contributed by atoms with van der Waals surface area (Å²) in [6.45, 7) is 0. The molecular weight excluding hydrogens is 544 g/mol. The van der Waals surface area contributed by atoms with E-state index in [1.807, 2.05) is 6.07 Å². The molecule has 1 spiro atoms. The molecular formula is C43H30N2. The van der Waals surface area contributed by atoms with Crippen molar-refractivity contribution in [1.29, 1.82) is 0 Å². The molecule has 45 heavy (non-hydrogen) atoms. The molecule has 212 valence electrons. The lowest BCUT2D eigenvalue weighted by Crippen LogP contribution is -2.26. The zero-order valence-corrected chi connectivity index (χ0v) is 24.7. The maximum Gasteiger partial charge on any atom is 0.0726 e. The van der Waals surface area contributed by atoms with E-state index in [4.69, 9.17) is 0 Å². The first kappa shape index (κ1) is 25.6. The third kappa shape index (κ3) is 3.82. The van der Waals surface area contributed by atoms with Crippen LogP contribution in [0.4, 0.5) is 28.4 Å². The Hall–Kier alpha value is -5.86. The molecule has 7 aromatic carbocycles. The first-order chi connectivity index (χ1) is 22.3. The van der Waals surface area contributed by atoms with E-state index in [1.54, 1.807) is 0 Å². The van der Waals surface area contributed by atoms with E-state index in [-0.39, 0.29) is 5.41 Å². The molecule has 0 radical (unpaired) electrons. The van der Waals surface area contributed by atoms with Gasteiger partial charge in [-0.3, -0.25) is 0 Å². The molecule has 0 saturated carbocycles. The highest BCUT2D eigenvalue weighted by Gasteiger charge is 2.51.